The second-order valence-electron chi connectivity index (χ2n) is 9.10. The van der Waals surface area contributed by atoms with E-state index in [9.17, 15) is 19.4 Å². The van der Waals surface area contributed by atoms with Crippen LogP contribution in [0, 0.1) is 17.7 Å². The molecule has 9 heteroatoms. The Morgan fingerprint density at radius 2 is 2.17 bits per heavy atom. The van der Waals surface area contributed by atoms with Gasteiger partial charge in [-0.05, 0) is 68.1 Å². The number of aliphatic hydroxyl groups is 1. The van der Waals surface area contributed by atoms with Crippen molar-refractivity contribution >= 4 is 40.2 Å². The maximum absolute atomic E-state index is 13.4. The fourth-order valence-electron chi connectivity index (χ4n) is 4.90. The summed E-state index contributed by atoms with van der Waals surface area (Å²) in [6.07, 6.45) is 2.42. The Kier molecular flexibility index (Phi) is 9.06. The molecule has 1 aliphatic rings. The number of nitrogens with zero attached hydrogens (tertiary/aromatic N) is 2. The van der Waals surface area contributed by atoms with Crippen molar-refractivity contribution in [3.63, 3.8) is 0 Å². The number of piperidine rings is 1. The molecule has 2 heterocycles. The lowest BCUT2D eigenvalue weighted by molar-refractivity contribution is -0.146. The highest BCUT2D eigenvalue weighted by Gasteiger charge is 2.34. The molecular weight excluding hydrogens is 503 g/mol. The molecule has 2 N–H and O–H groups in total. The standard InChI is InChI=1S/C27H30ClFN2O4S/c1-35-19-6-7-24-21(14-19)26(23(28)15-30-24)25(32)8-5-17-9-10-31(16-22(17)27(33)34)11-12-36-20-4-2-3-18(29)13-20/h2-4,6-7,13-15,17,22,25,32H,5,8-12,16H2,1H3,(H,33,34). The van der Waals surface area contributed by atoms with Gasteiger partial charge in [-0.1, -0.05) is 17.7 Å². The van der Waals surface area contributed by atoms with Crippen molar-refractivity contribution in [2.45, 2.75) is 30.3 Å². The zero-order valence-corrected chi connectivity index (χ0v) is 21.6. The van der Waals surface area contributed by atoms with E-state index in [-0.39, 0.29) is 11.7 Å². The van der Waals surface area contributed by atoms with Crippen LogP contribution in [0.2, 0.25) is 5.02 Å². The van der Waals surface area contributed by atoms with Crippen molar-refractivity contribution in [1.29, 1.82) is 0 Å². The number of halogens is 2. The highest BCUT2D eigenvalue weighted by atomic mass is 35.5. The van der Waals surface area contributed by atoms with Gasteiger partial charge in [0.1, 0.15) is 11.6 Å². The van der Waals surface area contributed by atoms with Gasteiger partial charge in [-0.15, -0.1) is 11.8 Å². The second-order valence-corrected chi connectivity index (χ2v) is 10.7. The number of fused-ring (bicyclic) bond motifs is 1. The number of hydrogen-bond donors (Lipinski definition) is 2. The topological polar surface area (TPSA) is 82.9 Å². The minimum atomic E-state index is -0.842. The predicted octanol–water partition coefficient (Wildman–Crippen LogP) is 5.66. The number of methoxy groups -OCH3 is 1. The quantitative estimate of drug-likeness (QED) is 0.326. The van der Waals surface area contributed by atoms with Gasteiger partial charge >= 0.3 is 5.97 Å². The molecule has 0 radical (unpaired) electrons. The second kappa shape index (κ2) is 12.2. The Balaban J connectivity index is 1.36. The number of likely N-dealkylation sites (tertiary alicyclic amines) is 1. The SMILES string of the molecule is COc1ccc2ncc(Cl)c(C(O)CCC3CCN(CCSc4cccc(F)c4)CC3C(=O)O)c2c1. The monoisotopic (exact) mass is 532 g/mol. The van der Waals surface area contributed by atoms with Gasteiger partial charge in [-0.25, -0.2) is 4.39 Å². The van der Waals surface area contributed by atoms with Crippen molar-refractivity contribution in [2.24, 2.45) is 11.8 Å². The molecule has 6 nitrogen and oxygen atoms in total. The Bertz CT molecular complexity index is 1210. The van der Waals surface area contributed by atoms with Crippen molar-refractivity contribution in [1.82, 2.24) is 9.88 Å². The molecule has 0 bridgehead atoms. The average Bonchev–Trinajstić information content (AvgIpc) is 2.87. The van der Waals surface area contributed by atoms with Crippen LogP contribution >= 0.6 is 23.4 Å². The largest absolute Gasteiger partial charge is 0.497 e. The number of aliphatic hydroxyl groups excluding tert-OH is 1. The summed E-state index contributed by atoms with van der Waals surface area (Å²) in [6, 6.07) is 11.9. The number of ether oxygens (including phenoxy) is 1. The Hall–Kier alpha value is -2.39. The first-order valence-electron chi connectivity index (χ1n) is 12.0. The number of aliphatic carboxylic acids is 1. The molecule has 0 saturated carbocycles. The van der Waals surface area contributed by atoms with Crippen LogP contribution < -0.4 is 4.74 Å². The summed E-state index contributed by atoms with van der Waals surface area (Å²) >= 11 is 7.99. The number of carbonyl (C=O) groups is 1. The normalized spacial score (nSPS) is 19.3. The van der Waals surface area contributed by atoms with Crippen LogP contribution in [0.1, 0.15) is 30.9 Å². The summed E-state index contributed by atoms with van der Waals surface area (Å²) in [5.41, 5.74) is 1.31. The lowest BCUT2D eigenvalue weighted by Crippen LogP contribution is -2.44. The Morgan fingerprint density at radius 1 is 1.33 bits per heavy atom. The molecule has 3 unspecified atom stereocenters. The van der Waals surface area contributed by atoms with Gasteiger partial charge < -0.3 is 19.8 Å². The van der Waals surface area contributed by atoms with E-state index < -0.39 is 18.0 Å². The van der Waals surface area contributed by atoms with Crippen LogP contribution in [0.4, 0.5) is 4.39 Å². The van der Waals surface area contributed by atoms with Crippen LogP contribution in [0.25, 0.3) is 10.9 Å². The van der Waals surface area contributed by atoms with Crippen molar-refractivity contribution in [3.05, 3.63) is 65.1 Å². The number of pyridine rings is 1. The molecule has 2 aromatic carbocycles. The molecule has 4 rings (SSSR count). The van der Waals surface area contributed by atoms with Gasteiger partial charge in [-0.3, -0.25) is 9.78 Å². The van der Waals surface area contributed by atoms with E-state index >= 15 is 0 Å². The smallest absolute Gasteiger partial charge is 0.308 e. The van der Waals surface area contributed by atoms with Crippen molar-refractivity contribution in [3.8, 4) is 5.75 Å². The minimum absolute atomic E-state index is 0.0364. The Labute approximate surface area is 219 Å². The highest BCUT2D eigenvalue weighted by Crippen LogP contribution is 2.37. The number of hydrogen-bond acceptors (Lipinski definition) is 6. The first-order valence-corrected chi connectivity index (χ1v) is 13.4. The summed E-state index contributed by atoms with van der Waals surface area (Å²) in [4.78, 5) is 19.4. The number of benzene rings is 2. The number of rotatable bonds is 10. The van der Waals surface area contributed by atoms with Crippen molar-refractivity contribution < 1.29 is 24.1 Å². The molecule has 3 aromatic rings. The van der Waals surface area contributed by atoms with Gasteiger partial charge in [-0.2, -0.15) is 0 Å². The van der Waals surface area contributed by atoms with E-state index in [2.05, 4.69) is 9.88 Å². The van der Waals surface area contributed by atoms with Crippen LogP contribution in [0.5, 0.6) is 5.75 Å². The third-order valence-corrected chi connectivity index (χ3v) is 8.12. The number of carboxylic acids is 1. The number of thioether (sulfide) groups is 1. The van der Waals surface area contributed by atoms with Crippen LogP contribution in [0.15, 0.2) is 53.6 Å². The summed E-state index contributed by atoms with van der Waals surface area (Å²) in [6.45, 7) is 2.00. The predicted molar refractivity (Wildman–Crippen MR) is 140 cm³/mol. The molecule has 0 aliphatic carbocycles. The fraction of sp³-hybridized carbons (Fsp3) is 0.407. The molecule has 0 spiro atoms. The van der Waals surface area contributed by atoms with E-state index in [1.807, 2.05) is 18.2 Å². The van der Waals surface area contributed by atoms with E-state index in [0.29, 0.717) is 41.2 Å². The fourth-order valence-corrected chi connectivity index (χ4v) is 6.13. The summed E-state index contributed by atoms with van der Waals surface area (Å²) in [5, 5.41) is 22.1. The minimum Gasteiger partial charge on any atom is -0.497 e. The highest BCUT2D eigenvalue weighted by molar-refractivity contribution is 7.99. The van der Waals surface area contributed by atoms with Crippen LogP contribution in [0.3, 0.4) is 0 Å². The molecule has 36 heavy (non-hydrogen) atoms. The summed E-state index contributed by atoms with van der Waals surface area (Å²) in [5.74, 6) is -0.200. The zero-order valence-electron chi connectivity index (χ0n) is 20.1. The molecule has 1 aliphatic heterocycles. The Morgan fingerprint density at radius 3 is 2.92 bits per heavy atom. The lowest BCUT2D eigenvalue weighted by atomic mass is 9.81. The maximum atomic E-state index is 13.4. The van der Waals surface area contributed by atoms with E-state index in [1.165, 1.54) is 18.3 Å². The van der Waals surface area contributed by atoms with Crippen molar-refractivity contribution in [2.75, 3.05) is 32.5 Å². The third-order valence-electron chi connectivity index (χ3n) is 6.84. The average molecular weight is 533 g/mol. The summed E-state index contributed by atoms with van der Waals surface area (Å²) in [7, 11) is 1.58. The van der Waals surface area contributed by atoms with E-state index in [1.54, 1.807) is 31.0 Å². The van der Waals surface area contributed by atoms with E-state index in [4.69, 9.17) is 16.3 Å². The molecule has 1 fully saturated rings. The van der Waals surface area contributed by atoms with Crippen LogP contribution in [-0.4, -0.2) is 58.6 Å². The molecule has 192 valence electrons. The van der Waals surface area contributed by atoms with Gasteiger partial charge in [0, 0.05) is 40.9 Å². The number of carboxylic acid groups (broad SMARTS) is 1. The van der Waals surface area contributed by atoms with Gasteiger partial charge in [0.2, 0.25) is 0 Å². The van der Waals surface area contributed by atoms with Gasteiger partial charge in [0.05, 0.1) is 29.7 Å². The molecule has 1 saturated heterocycles. The number of aromatic nitrogens is 1. The van der Waals surface area contributed by atoms with E-state index in [0.717, 1.165) is 35.5 Å². The van der Waals surface area contributed by atoms with Gasteiger partial charge in [0.25, 0.3) is 0 Å². The first kappa shape index (κ1) is 26.7. The molecule has 0 amide bonds. The maximum Gasteiger partial charge on any atom is 0.308 e. The molecular formula is C27H30ClFN2O4S. The zero-order chi connectivity index (χ0) is 25.7. The first-order chi connectivity index (χ1) is 17.4. The summed E-state index contributed by atoms with van der Waals surface area (Å²) < 4.78 is 18.7. The van der Waals surface area contributed by atoms with Gasteiger partial charge in [0.15, 0.2) is 0 Å². The molecule has 1 aromatic heterocycles. The molecule has 3 atom stereocenters. The van der Waals surface area contributed by atoms with Crippen LogP contribution in [-0.2, 0) is 4.79 Å². The third kappa shape index (κ3) is 6.48. The lowest BCUT2D eigenvalue weighted by Gasteiger charge is -2.37.